The molecule has 21 heavy (non-hydrogen) atoms. The lowest BCUT2D eigenvalue weighted by Crippen LogP contribution is -2.61. The standard InChI is InChI=1S/C17H24N2O2/c1-11(2)15-8-6-14(7-9-15)10-19-13(4)16(20)18(5)12(3)17(19)21/h6-9,11-13H,10H2,1-5H3/t12-,13-/m0/s1. The summed E-state index contributed by atoms with van der Waals surface area (Å²) >= 11 is 0. The number of likely N-dealkylation sites (N-methyl/N-ethyl adjacent to an activating group) is 1. The van der Waals surface area contributed by atoms with Crippen molar-refractivity contribution in [3.05, 3.63) is 35.4 Å². The molecule has 1 heterocycles. The maximum atomic E-state index is 12.4. The highest BCUT2D eigenvalue weighted by molar-refractivity contribution is 5.96. The largest absolute Gasteiger partial charge is 0.332 e. The molecule has 2 amide bonds. The van der Waals surface area contributed by atoms with Crippen LogP contribution in [0.3, 0.4) is 0 Å². The maximum Gasteiger partial charge on any atom is 0.246 e. The second kappa shape index (κ2) is 5.88. The molecule has 0 bridgehead atoms. The van der Waals surface area contributed by atoms with Gasteiger partial charge in [0.25, 0.3) is 0 Å². The summed E-state index contributed by atoms with van der Waals surface area (Å²) in [5.41, 5.74) is 2.34. The van der Waals surface area contributed by atoms with E-state index in [1.165, 1.54) is 10.5 Å². The quantitative estimate of drug-likeness (QED) is 0.857. The van der Waals surface area contributed by atoms with E-state index >= 15 is 0 Å². The highest BCUT2D eigenvalue weighted by Gasteiger charge is 2.39. The number of carbonyl (C=O) groups excluding carboxylic acids is 2. The first-order valence-corrected chi connectivity index (χ1v) is 7.49. The van der Waals surface area contributed by atoms with Crippen molar-refractivity contribution in [2.45, 2.75) is 52.2 Å². The predicted octanol–water partition coefficient (Wildman–Crippen LogP) is 2.39. The SMILES string of the molecule is CC(C)c1ccc(CN2C(=O)[C@H](C)N(C)C(=O)[C@@H]2C)cc1. The third-order valence-corrected chi connectivity index (χ3v) is 4.39. The van der Waals surface area contributed by atoms with Crippen LogP contribution in [0.15, 0.2) is 24.3 Å². The zero-order chi connectivity index (χ0) is 15.7. The predicted molar refractivity (Wildman–Crippen MR) is 82.8 cm³/mol. The minimum absolute atomic E-state index is 0.000834. The molecule has 0 unspecified atom stereocenters. The van der Waals surface area contributed by atoms with Crippen molar-refractivity contribution in [1.29, 1.82) is 0 Å². The van der Waals surface area contributed by atoms with Gasteiger partial charge in [-0.2, -0.15) is 0 Å². The Morgan fingerprint density at radius 3 is 2.10 bits per heavy atom. The van der Waals surface area contributed by atoms with Gasteiger partial charge in [-0.15, -0.1) is 0 Å². The summed E-state index contributed by atoms with van der Waals surface area (Å²) in [5, 5.41) is 0. The van der Waals surface area contributed by atoms with E-state index < -0.39 is 6.04 Å². The number of piperazine rings is 1. The molecule has 4 heteroatoms. The monoisotopic (exact) mass is 288 g/mol. The molecule has 4 nitrogen and oxygen atoms in total. The van der Waals surface area contributed by atoms with Crippen LogP contribution in [-0.2, 0) is 16.1 Å². The minimum atomic E-state index is -0.400. The number of rotatable bonds is 3. The van der Waals surface area contributed by atoms with Crippen molar-refractivity contribution < 1.29 is 9.59 Å². The Morgan fingerprint density at radius 1 is 1.00 bits per heavy atom. The number of benzene rings is 1. The van der Waals surface area contributed by atoms with Crippen LogP contribution in [0.1, 0.15) is 44.7 Å². The Morgan fingerprint density at radius 2 is 1.57 bits per heavy atom. The highest BCUT2D eigenvalue weighted by atomic mass is 16.2. The van der Waals surface area contributed by atoms with E-state index in [0.29, 0.717) is 12.5 Å². The van der Waals surface area contributed by atoms with Gasteiger partial charge in [0, 0.05) is 13.6 Å². The van der Waals surface area contributed by atoms with Crippen LogP contribution in [0.4, 0.5) is 0 Å². The lowest BCUT2D eigenvalue weighted by Gasteiger charge is -2.41. The molecule has 0 radical (unpaired) electrons. The number of nitrogens with zero attached hydrogens (tertiary/aromatic N) is 2. The van der Waals surface area contributed by atoms with Crippen molar-refractivity contribution in [2.75, 3.05) is 7.05 Å². The van der Waals surface area contributed by atoms with E-state index in [-0.39, 0.29) is 17.9 Å². The van der Waals surface area contributed by atoms with Gasteiger partial charge in [-0.05, 0) is 30.9 Å². The minimum Gasteiger partial charge on any atom is -0.332 e. The summed E-state index contributed by atoms with van der Waals surface area (Å²) in [7, 11) is 1.69. The average molecular weight is 288 g/mol. The van der Waals surface area contributed by atoms with Gasteiger partial charge in [0.15, 0.2) is 0 Å². The van der Waals surface area contributed by atoms with Gasteiger partial charge in [-0.1, -0.05) is 38.1 Å². The van der Waals surface area contributed by atoms with Gasteiger partial charge in [-0.25, -0.2) is 0 Å². The molecule has 1 saturated heterocycles. The number of amides is 2. The van der Waals surface area contributed by atoms with Crippen LogP contribution in [-0.4, -0.2) is 40.7 Å². The molecule has 0 saturated carbocycles. The molecular formula is C17H24N2O2. The zero-order valence-electron chi connectivity index (χ0n) is 13.5. The molecule has 1 aliphatic rings. The second-order valence-electron chi connectivity index (χ2n) is 6.16. The molecule has 2 rings (SSSR count). The fourth-order valence-electron chi connectivity index (χ4n) is 2.63. The van der Waals surface area contributed by atoms with Crippen molar-refractivity contribution in [3.8, 4) is 0 Å². The molecule has 114 valence electrons. The van der Waals surface area contributed by atoms with Crippen molar-refractivity contribution in [1.82, 2.24) is 9.80 Å². The fraction of sp³-hybridized carbons (Fsp3) is 0.529. The van der Waals surface area contributed by atoms with E-state index in [2.05, 4.69) is 26.0 Å². The van der Waals surface area contributed by atoms with Crippen LogP contribution in [0.2, 0.25) is 0 Å². The highest BCUT2D eigenvalue weighted by Crippen LogP contribution is 2.21. The number of carbonyl (C=O) groups is 2. The summed E-state index contributed by atoms with van der Waals surface area (Å²) in [6, 6.07) is 7.49. The second-order valence-corrected chi connectivity index (χ2v) is 6.16. The number of hydrogen-bond acceptors (Lipinski definition) is 2. The Bertz CT molecular complexity index is 536. The van der Waals surface area contributed by atoms with Crippen LogP contribution >= 0.6 is 0 Å². The molecular weight excluding hydrogens is 264 g/mol. The molecule has 0 N–H and O–H groups in total. The summed E-state index contributed by atoms with van der Waals surface area (Å²) < 4.78 is 0. The Balaban J connectivity index is 2.17. The summed E-state index contributed by atoms with van der Waals surface area (Å²) in [4.78, 5) is 27.8. The molecule has 0 spiro atoms. The van der Waals surface area contributed by atoms with Crippen molar-refractivity contribution in [2.24, 2.45) is 0 Å². The fourth-order valence-corrected chi connectivity index (χ4v) is 2.63. The van der Waals surface area contributed by atoms with Gasteiger partial charge in [0.1, 0.15) is 12.1 Å². The van der Waals surface area contributed by atoms with Crippen LogP contribution in [0.5, 0.6) is 0 Å². The van der Waals surface area contributed by atoms with Crippen LogP contribution in [0.25, 0.3) is 0 Å². The third kappa shape index (κ3) is 2.94. The average Bonchev–Trinajstić information content (AvgIpc) is 2.48. The van der Waals surface area contributed by atoms with E-state index in [0.717, 1.165) is 5.56 Å². The molecule has 1 aromatic carbocycles. The smallest absolute Gasteiger partial charge is 0.246 e. The summed E-state index contributed by atoms with van der Waals surface area (Å²) in [6.07, 6.45) is 0. The van der Waals surface area contributed by atoms with E-state index in [9.17, 15) is 9.59 Å². The van der Waals surface area contributed by atoms with E-state index in [4.69, 9.17) is 0 Å². The first kappa shape index (κ1) is 15.5. The van der Waals surface area contributed by atoms with E-state index in [1.54, 1.807) is 25.8 Å². The first-order valence-electron chi connectivity index (χ1n) is 7.49. The first-order chi connectivity index (χ1) is 9.82. The van der Waals surface area contributed by atoms with E-state index in [1.807, 2.05) is 12.1 Å². The molecule has 0 aromatic heterocycles. The van der Waals surface area contributed by atoms with Gasteiger partial charge >= 0.3 is 0 Å². The third-order valence-electron chi connectivity index (χ3n) is 4.39. The lowest BCUT2D eigenvalue weighted by molar-refractivity contribution is -0.159. The Labute approximate surface area is 126 Å². The van der Waals surface area contributed by atoms with Crippen molar-refractivity contribution in [3.63, 3.8) is 0 Å². The molecule has 2 atom stereocenters. The van der Waals surface area contributed by atoms with Gasteiger partial charge in [0.05, 0.1) is 0 Å². The molecule has 1 fully saturated rings. The molecule has 1 aliphatic heterocycles. The number of hydrogen-bond donors (Lipinski definition) is 0. The lowest BCUT2D eigenvalue weighted by atomic mass is 10.0. The normalized spacial score (nSPS) is 23.1. The van der Waals surface area contributed by atoms with Crippen LogP contribution in [0, 0.1) is 0 Å². The van der Waals surface area contributed by atoms with Gasteiger partial charge in [0.2, 0.25) is 11.8 Å². The Hall–Kier alpha value is -1.84. The molecule has 1 aromatic rings. The van der Waals surface area contributed by atoms with Crippen LogP contribution < -0.4 is 0 Å². The maximum absolute atomic E-state index is 12.4. The Kier molecular flexibility index (Phi) is 4.35. The van der Waals surface area contributed by atoms with Gasteiger partial charge in [-0.3, -0.25) is 9.59 Å². The zero-order valence-corrected chi connectivity index (χ0v) is 13.5. The summed E-state index contributed by atoms with van der Waals surface area (Å²) in [6.45, 7) is 8.37. The van der Waals surface area contributed by atoms with Crippen molar-refractivity contribution >= 4 is 11.8 Å². The molecule has 0 aliphatic carbocycles. The topological polar surface area (TPSA) is 40.6 Å². The van der Waals surface area contributed by atoms with Gasteiger partial charge < -0.3 is 9.80 Å². The summed E-state index contributed by atoms with van der Waals surface area (Å²) in [5.74, 6) is 0.503.